The summed E-state index contributed by atoms with van der Waals surface area (Å²) >= 11 is 23.0. The van der Waals surface area contributed by atoms with Crippen LogP contribution in [-0.4, -0.2) is 123 Å². The second-order valence-corrected chi connectivity index (χ2v) is 29.8. The number of ether oxygens (including phenoxy) is 1. The Kier molecular flexibility index (Phi) is 17.5. The highest BCUT2D eigenvalue weighted by Crippen LogP contribution is 2.62. The minimum Gasteiger partial charge on any atom is -0.397 e. The normalized spacial score (nSPS) is 26.7. The van der Waals surface area contributed by atoms with Crippen LogP contribution < -0.4 is 66.3 Å². The molecule has 3 aromatic heterocycles. The van der Waals surface area contributed by atoms with Crippen molar-refractivity contribution in [2.45, 2.75) is 137 Å². The maximum absolute atomic E-state index is 13.1. The first-order chi connectivity index (χ1) is 42.8. The first kappa shape index (κ1) is 62.2. The van der Waals surface area contributed by atoms with Gasteiger partial charge in [-0.15, -0.1) is 0 Å². The van der Waals surface area contributed by atoms with Gasteiger partial charge in [0.25, 0.3) is 0 Å². The molecule has 9 heterocycles. The molecule has 15 rings (SSSR count). The molecule has 6 aromatic rings. The van der Waals surface area contributed by atoms with Gasteiger partial charge < -0.3 is 75.9 Å². The van der Waals surface area contributed by atoms with Crippen LogP contribution in [0.5, 0.6) is 0 Å². The second kappa shape index (κ2) is 25.1. The highest BCUT2D eigenvalue weighted by Gasteiger charge is 2.61. The van der Waals surface area contributed by atoms with Gasteiger partial charge in [-0.3, -0.25) is 4.79 Å². The zero-order valence-corrected chi connectivity index (χ0v) is 54.2. The van der Waals surface area contributed by atoms with Crippen LogP contribution in [0.3, 0.4) is 0 Å². The number of nitrogens with zero attached hydrogens (tertiary/aromatic N) is 10. The molecule has 3 aliphatic carbocycles. The molecule has 9 aliphatic rings. The lowest BCUT2D eigenvalue weighted by molar-refractivity contribution is -0.137. The van der Waals surface area contributed by atoms with E-state index >= 15 is 0 Å². The van der Waals surface area contributed by atoms with Gasteiger partial charge in [0, 0.05) is 97.2 Å². The quantitative estimate of drug-likeness (QED) is 0.0610. The summed E-state index contributed by atoms with van der Waals surface area (Å²) in [6.07, 6.45) is 18.5. The summed E-state index contributed by atoms with van der Waals surface area (Å²) in [4.78, 5) is 51.7. The molecular formula is C62H78Cl3N19O2S3. The number of carbonyl (C=O) groups is 1. The summed E-state index contributed by atoms with van der Waals surface area (Å²) in [5.41, 5.74) is 57.8. The molecule has 8 unspecified atom stereocenters. The Balaban J connectivity index is 0.000000123. The maximum Gasteiger partial charge on any atom is 0.230 e. The molecule has 6 saturated heterocycles. The molecule has 3 spiro atoms. The van der Waals surface area contributed by atoms with Crippen LogP contribution in [0.25, 0.3) is 0 Å². The molecule has 89 heavy (non-hydrogen) atoms. The molecule has 27 heteroatoms. The summed E-state index contributed by atoms with van der Waals surface area (Å²) in [5, 5.41) is 3.36. The molecule has 21 nitrogen and oxygen atoms in total. The number of benzene rings is 3. The van der Waals surface area contributed by atoms with Crippen molar-refractivity contribution in [2.75, 3.05) is 102 Å². The van der Waals surface area contributed by atoms with E-state index in [1.807, 2.05) is 47.5 Å². The Morgan fingerprint density at radius 1 is 0.517 bits per heavy atom. The third-order valence-corrected chi connectivity index (χ3v) is 25.7. The van der Waals surface area contributed by atoms with Gasteiger partial charge in [0.05, 0.1) is 62.2 Å². The summed E-state index contributed by atoms with van der Waals surface area (Å²) in [6, 6.07) is 17.3. The molecular weight excluding hydrogens is 1250 g/mol. The van der Waals surface area contributed by atoms with Gasteiger partial charge in [0.15, 0.2) is 17.5 Å². The average molecular weight is 1320 g/mol. The molecule has 18 N–H and O–H groups in total. The number of fused-ring (bicyclic) bond motifs is 3. The molecule has 1 amide bonds. The lowest BCUT2D eigenvalue weighted by atomic mass is 9.72. The van der Waals surface area contributed by atoms with E-state index in [1.165, 1.54) is 48.1 Å². The summed E-state index contributed by atoms with van der Waals surface area (Å²) in [7, 11) is 0. The van der Waals surface area contributed by atoms with Crippen LogP contribution in [-0.2, 0) is 9.53 Å². The summed E-state index contributed by atoms with van der Waals surface area (Å²) in [5.74, 6) is 5.99. The number of hydrogen-bond acceptors (Lipinski definition) is 23. The first-order valence-electron chi connectivity index (χ1n) is 30.8. The van der Waals surface area contributed by atoms with Crippen molar-refractivity contribution in [3.63, 3.8) is 0 Å². The lowest BCUT2D eigenvalue weighted by Gasteiger charge is -2.43. The fourth-order valence-corrected chi connectivity index (χ4v) is 18.8. The van der Waals surface area contributed by atoms with Gasteiger partial charge in [-0.2, -0.15) is 0 Å². The Hall–Kier alpha value is -5.67. The van der Waals surface area contributed by atoms with Gasteiger partial charge in [-0.05, 0) is 136 Å². The van der Waals surface area contributed by atoms with Crippen molar-refractivity contribution in [2.24, 2.45) is 51.2 Å². The van der Waals surface area contributed by atoms with Crippen LogP contribution in [0.4, 0.5) is 52.0 Å². The van der Waals surface area contributed by atoms with Crippen molar-refractivity contribution in [1.29, 1.82) is 0 Å². The van der Waals surface area contributed by atoms with E-state index in [-0.39, 0.29) is 29.4 Å². The molecule has 3 aromatic carbocycles. The van der Waals surface area contributed by atoms with Gasteiger partial charge in [0.1, 0.15) is 32.5 Å². The molecule has 8 atom stereocenters. The number of carbonyl (C=O) groups excluding carboxylic acids is 1. The SMILES string of the molecule is Nc1cccc(Sc2ncc(N3CCC4(CC3)C(=O)N3CCCC3C4N)nc2N)c1Cl.Nc1cccc(Sc2ncc(N3CCC4(CC3)CC3CC3C4N)nc2N)c1Cl.Nc1cccc(Sc2ncc(N3CCC4(CC3)CC3OCCC3C4N)nc2N)c1Cl. The van der Waals surface area contributed by atoms with Crippen molar-refractivity contribution in [1.82, 2.24) is 34.8 Å². The van der Waals surface area contributed by atoms with Gasteiger partial charge >= 0.3 is 0 Å². The number of hydrogen-bond donors (Lipinski definition) is 9. The zero-order valence-electron chi connectivity index (χ0n) is 49.5. The number of rotatable bonds is 9. The predicted octanol–water partition coefficient (Wildman–Crippen LogP) is 8.93. The first-order valence-corrected chi connectivity index (χ1v) is 34.4. The fourth-order valence-electron chi connectivity index (χ4n) is 15.6. The van der Waals surface area contributed by atoms with Crippen LogP contribution in [0, 0.1) is 34.0 Å². The molecule has 0 radical (unpaired) electrons. The Bertz CT molecular complexity index is 3630. The number of halogens is 3. The van der Waals surface area contributed by atoms with Crippen molar-refractivity contribution >= 4 is 128 Å². The van der Waals surface area contributed by atoms with Crippen molar-refractivity contribution in [3.05, 3.63) is 88.3 Å². The van der Waals surface area contributed by atoms with Gasteiger partial charge in [-0.1, -0.05) is 88.3 Å². The number of piperidine rings is 3. The van der Waals surface area contributed by atoms with Crippen molar-refractivity contribution < 1.29 is 9.53 Å². The van der Waals surface area contributed by atoms with Crippen LogP contribution in [0.15, 0.2) is 103 Å². The standard InChI is InChI=1S/C21H26ClN7OS.C21H27ClN6OS.C20H25ClN6S/c22-16-12(23)3-1-5-14(16)31-19-18(25)27-15(11-26-19)28-9-6-21(7-10-28)17(24)13-4-2-8-29(13)20(21)30;22-17-13(23)2-1-3-15(17)30-20-19(25)27-16(11-26-20)28-7-5-21(6-8-28)10-14-12(18(21)24)4-9-29-14;21-16-13(22)2-1-3-14(16)28-19-18(24)26-15(10-25-19)27-6-4-20(5-7-27)9-11-8-12(11)17(20)23/h1,3,5,11,13,17H,2,4,6-10,23-24H2,(H2,25,27);1-3,11-12,14,18H,4-10,23-24H2,(H2,25,27);1-3,10-12,17H,4-9,22-23H2,(H2,24,26). The van der Waals surface area contributed by atoms with E-state index in [4.69, 9.17) is 91.1 Å². The number of anilines is 9. The minimum absolute atomic E-state index is 0.0809. The summed E-state index contributed by atoms with van der Waals surface area (Å²) < 4.78 is 5.93. The molecule has 3 saturated carbocycles. The van der Waals surface area contributed by atoms with E-state index in [9.17, 15) is 4.79 Å². The van der Waals surface area contributed by atoms with E-state index in [0.29, 0.717) is 101 Å². The smallest absolute Gasteiger partial charge is 0.230 e. The number of nitrogens with two attached hydrogens (primary N) is 9. The Labute approximate surface area is 546 Å². The third kappa shape index (κ3) is 11.9. The Morgan fingerprint density at radius 2 is 0.933 bits per heavy atom. The van der Waals surface area contributed by atoms with Crippen LogP contribution in [0.2, 0.25) is 15.1 Å². The van der Waals surface area contributed by atoms with Gasteiger partial charge in [-0.25, -0.2) is 29.9 Å². The van der Waals surface area contributed by atoms with E-state index in [0.717, 1.165) is 148 Å². The minimum atomic E-state index is -0.430. The van der Waals surface area contributed by atoms with E-state index in [2.05, 4.69) is 44.6 Å². The van der Waals surface area contributed by atoms with Crippen LogP contribution >= 0.6 is 70.1 Å². The Morgan fingerprint density at radius 3 is 1.33 bits per heavy atom. The fraction of sp³-hybridized carbons (Fsp3) is 0.500. The zero-order chi connectivity index (χ0) is 62.1. The topological polar surface area (TPSA) is 351 Å². The summed E-state index contributed by atoms with van der Waals surface area (Å²) in [6.45, 7) is 6.89. The number of amides is 1. The third-order valence-electron chi connectivity index (χ3n) is 20.9. The average Bonchev–Trinajstić information content (AvgIpc) is 1.60. The van der Waals surface area contributed by atoms with Crippen molar-refractivity contribution in [3.8, 4) is 0 Å². The molecule has 0 bridgehead atoms. The largest absolute Gasteiger partial charge is 0.397 e. The molecule has 6 aliphatic heterocycles. The monoisotopic (exact) mass is 1320 g/mol. The molecule has 9 fully saturated rings. The lowest BCUT2D eigenvalue weighted by Crippen LogP contribution is -2.52. The predicted molar refractivity (Wildman–Crippen MR) is 358 cm³/mol. The highest BCUT2D eigenvalue weighted by molar-refractivity contribution is 8.00. The second-order valence-electron chi connectivity index (χ2n) is 25.6. The van der Waals surface area contributed by atoms with E-state index < -0.39 is 5.41 Å². The highest BCUT2D eigenvalue weighted by atomic mass is 35.5. The van der Waals surface area contributed by atoms with E-state index in [1.54, 1.807) is 30.6 Å². The number of nitrogen functional groups attached to an aromatic ring is 6. The van der Waals surface area contributed by atoms with Crippen LogP contribution in [0.1, 0.15) is 77.0 Å². The molecule has 472 valence electrons. The number of aromatic nitrogens is 6. The van der Waals surface area contributed by atoms with Gasteiger partial charge in [0.2, 0.25) is 5.91 Å². The maximum atomic E-state index is 13.1.